The molecule has 2 aromatic heterocycles. The van der Waals surface area contributed by atoms with Crippen molar-refractivity contribution in [2.45, 2.75) is 31.7 Å². The van der Waals surface area contributed by atoms with Crippen molar-refractivity contribution in [2.75, 3.05) is 40.3 Å². The first kappa shape index (κ1) is 21.4. The normalized spacial score (nSPS) is 27.4. The molecule has 2 fully saturated rings. The number of nitrogens with zero attached hydrogens (tertiary/aromatic N) is 4. The lowest BCUT2D eigenvalue weighted by molar-refractivity contribution is 0.0652. The van der Waals surface area contributed by atoms with Crippen LogP contribution in [0.4, 0.5) is 0 Å². The molecule has 3 heterocycles. The molecule has 5 rings (SSSR count). The van der Waals surface area contributed by atoms with Crippen LogP contribution in [0.15, 0.2) is 43.4 Å². The number of H-pyrrole nitrogens is 1. The van der Waals surface area contributed by atoms with Gasteiger partial charge in [-0.05, 0) is 61.8 Å². The summed E-state index contributed by atoms with van der Waals surface area (Å²) in [7, 11) is 4.06. The first-order valence-corrected chi connectivity index (χ1v) is 11.9. The summed E-state index contributed by atoms with van der Waals surface area (Å²) in [6.45, 7) is 8.84. The van der Waals surface area contributed by atoms with Gasteiger partial charge in [-0.15, -0.1) is 0 Å². The van der Waals surface area contributed by atoms with Gasteiger partial charge in [0.25, 0.3) is 0 Å². The third-order valence-corrected chi connectivity index (χ3v) is 7.59. The minimum Gasteiger partial charge on any atom is -0.346 e. The number of allylic oxidation sites excluding steroid dienone is 4. The Labute approximate surface area is 191 Å². The summed E-state index contributed by atoms with van der Waals surface area (Å²) in [6, 6.07) is 3.06. The Hall–Kier alpha value is -2.41. The molecule has 1 aliphatic heterocycles. The first-order chi connectivity index (χ1) is 15.5. The molecule has 3 atom stereocenters. The third kappa shape index (κ3) is 4.27. The van der Waals surface area contributed by atoms with Crippen molar-refractivity contribution in [3.63, 3.8) is 0 Å². The number of nitrogens with one attached hydrogen (secondary N) is 1. The van der Waals surface area contributed by atoms with Gasteiger partial charge in [0.1, 0.15) is 5.65 Å². The topological polar surface area (TPSA) is 64.4 Å². The van der Waals surface area contributed by atoms with E-state index in [1.165, 1.54) is 63.0 Å². The fourth-order valence-corrected chi connectivity index (χ4v) is 5.99. The summed E-state index contributed by atoms with van der Waals surface area (Å²) in [4.78, 5) is 13.3. The summed E-state index contributed by atoms with van der Waals surface area (Å²) in [6.07, 6.45) is 15.5. The first-order valence-electron chi connectivity index (χ1n) is 11.9. The van der Waals surface area contributed by atoms with Crippen LogP contribution in [-0.4, -0.2) is 71.1 Å². The minimum absolute atomic E-state index is 0.693. The lowest BCUT2D eigenvalue weighted by Crippen LogP contribution is -2.51. The van der Waals surface area contributed by atoms with Crippen LogP contribution >= 0.6 is 0 Å². The molecule has 32 heavy (non-hydrogen) atoms. The van der Waals surface area contributed by atoms with Crippen LogP contribution in [0.1, 0.15) is 36.8 Å². The summed E-state index contributed by atoms with van der Waals surface area (Å²) < 4.78 is 0. The molecule has 0 amide bonds. The van der Waals surface area contributed by atoms with E-state index >= 15 is 0 Å². The van der Waals surface area contributed by atoms with E-state index in [2.05, 4.69) is 40.6 Å². The number of aromatic nitrogens is 2. The Morgan fingerprint density at radius 3 is 2.78 bits per heavy atom. The molecule has 3 aliphatic rings. The summed E-state index contributed by atoms with van der Waals surface area (Å²) in [5, 5.41) is 2.69. The van der Waals surface area contributed by atoms with Gasteiger partial charge in [-0.2, -0.15) is 0 Å². The Morgan fingerprint density at radius 1 is 1.25 bits per heavy atom. The molecule has 6 nitrogen and oxygen atoms in total. The molecule has 0 spiro atoms. The van der Waals surface area contributed by atoms with Gasteiger partial charge in [0.2, 0.25) is 0 Å². The van der Waals surface area contributed by atoms with Crippen LogP contribution in [0, 0.1) is 11.8 Å². The Kier molecular flexibility index (Phi) is 5.93. The number of aromatic amines is 1. The van der Waals surface area contributed by atoms with E-state index in [0.29, 0.717) is 5.92 Å². The molecule has 1 saturated carbocycles. The molecular weight excluding hydrogens is 396 g/mol. The Bertz CT molecular complexity index is 1040. The predicted octanol–water partition coefficient (Wildman–Crippen LogP) is 3.71. The van der Waals surface area contributed by atoms with E-state index in [1.807, 2.05) is 31.7 Å². The van der Waals surface area contributed by atoms with Gasteiger partial charge < -0.3 is 14.9 Å². The molecule has 0 aromatic carbocycles. The Morgan fingerprint density at radius 2 is 2.06 bits per heavy atom. The highest BCUT2D eigenvalue weighted by molar-refractivity contribution is 5.94. The second kappa shape index (κ2) is 8.85. The molecule has 3 unspecified atom stereocenters. The van der Waals surface area contributed by atoms with Gasteiger partial charge in [0, 0.05) is 74.4 Å². The average Bonchev–Trinajstić information content (AvgIpc) is 3.20. The van der Waals surface area contributed by atoms with Crippen molar-refractivity contribution in [3.8, 4) is 0 Å². The number of piperazine rings is 1. The molecule has 1 saturated heterocycles. The highest BCUT2D eigenvalue weighted by atomic mass is 15.4. The second-order valence-corrected chi connectivity index (χ2v) is 10.00. The van der Waals surface area contributed by atoms with Gasteiger partial charge in [-0.3, -0.25) is 4.90 Å². The number of hydrazine groups is 1. The van der Waals surface area contributed by atoms with Crippen LogP contribution in [0.3, 0.4) is 0 Å². The molecular formula is C26H36N6. The largest absolute Gasteiger partial charge is 0.346 e. The zero-order chi connectivity index (χ0) is 22.2. The van der Waals surface area contributed by atoms with E-state index in [-0.39, 0.29) is 0 Å². The highest BCUT2D eigenvalue weighted by Gasteiger charge is 2.35. The lowest BCUT2D eigenvalue weighted by atomic mass is 9.70. The maximum Gasteiger partial charge on any atom is 0.137 e. The van der Waals surface area contributed by atoms with Gasteiger partial charge in [0.15, 0.2) is 0 Å². The molecule has 6 heteroatoms. The maximum atomic E-state index is 5.86. The summed E-state index contributed by atoms with van der Waals surface area (Å²) in [5.41, 5.74) is 5.72. The quantitative estimate of drug-likeness (QED) is 0.428. The van der Waals surface area contributed by atoms with Gasteiger partial charge in [-0.1, -0.05) is 18.7 Å². The van der Waals surface area contributed by atoms with Crippen LogP contribution in [0.2, 0.25) is 0 Å². The van der Waals surface area contributed by atoms with Gasteiger partial charge in [0.05, 0.1) is 0 Å². The van der Waals surface area contributed by atoms with E-state index < -0.39 is 0 Å². The summed E-state index contributed by atoms with van der Waals surface area (Å²) >= 11 is 0. The number of likely N-dealkylation sites (N-methyl/N-ethyl adjacent to an activating group) is 1. The molecule has 2 aliphatic carbocycles. The SMILES string of the molecule is C=C/C(=C\N(C)N)c1c[nH]c2ncc(C3=CC4CC(C3)CC(N3CCN(C)CC3)C4)cc12. The lowest BCUT2D eigenvalue weighted by Gasteiger charge is -2.45. The smallest absolute Gasteiger partial charge is 0.137 e. The fourth-order valence-electron chi connectivity index (χ4n) is 5.99. The van der Waals surface area contributed by atoms with E-state index in [4.69, 9.17) is 10.8 Å². The van der Waals surface area contributed by atoms with Gasteiger partial charge in [-0.25, -0.2) is 10.8 Å². The average molecular weight is 433 g/mol. The molecule has 170 valence electrons. The molecule has 2 bridgehead atoms. The zero-order valence-electron chi connectivity index (χ0n) is 19.4. The maximum absolute atomic E-state index is 5.86. The number of rotatable bonds is 5. The third-order valence-electron chi connectivity index (χ3n) is 7.59. The standard InChI is InChI=1S/C26H36N6/c1-4-20(17-31(3)27)25-16-29-26-24(25)14-22(15-28-26)21-10-18-9-19(11-21)13-23(12-18)32-7-5-30(2)6-8-32/h4,10,14-19,23H,1,5-9,11-13,27H2,2-3H3,(H,28,29)/b20-17+. The Balaban J connectivity index is 1.39. The number of pyridine rings is 1. The second-order valence-electron chi connectivity index (χ2n) is 10.00. The molecule has 2 aromatic rings. The minimum atomic E-state index is 0.693. The summed E-state index contributed by atoms with van der Waals surface area (Å²) in [5.74, 6) is 7.34. The van der Waals surface area contributed by atoms with Crippen LogP contribution < -0.4 is 5.84 Å². The van der Waals surface area contributed by atoms with Crippen molar-refractivity contribution >= 4 is 22.2 Å². The monoisotopic (exact) mass is 432 g/mol. The van der Waals surface area contributed by atoms with Crippen molar-refractivity contribution < 1.29 is 0 Å². The highest BCUT2D eigenvalue weighted by Crippen LogP contribution is 2.44. The number of fused-ring (bicyclic) bond motifs is 3. The number of hydrogen-bond acceptors (Lipinski definition) is 5. The number of hydrogen-bond donors (Lipinski definition) is 2. The van der Waals surface area contributed by atoms with E-state index in [0.717, 1.165) is 34.1 Å². The van der Waals surface area contributed by atoms with Crippen molar-refractivity contribution in [1.29, 1.82) is 0 Å². The molecule has 0 radical (unpaired) electrons. The zero-order valence-corrected chi connectivity index (χ0v) is 19.4. The predicted molar refractivity (Wildman–Crippen MR) is 133 cm³/mol. The van der Waals surface area contributed by atoms with Crippen molar-refractivity contribution in [1.82, 2.24) is 24.8 Å². The van der Waals surface area contributed by atoms with Crippen LogP contribution in [0.5, 0.6) is 0 Å². The van der Waals surface area contributed by atoms with Crippen molar-refractivity contribution in [2.24, 2.45) is 17.7 Å². The van der Waals surface area contributed by atoms with Crippen LogP contribution in [0.25, 0.3) is 22.2 Å². The fraction of sp³-hybridized carbons (Fsp3) is 0.500. The van der Waals surface area contributed by atoms with Crippen molar-refractivity contribution in [3.05, 3.63) is 54.5 Å². The van der Waals surface area contributed by atoms with Gasteiger partial charge >= 0.3 is 0 Å². The molecule has 3 N–H and O–H groups in total. The van der Waals surface area contributed by atoms with E-state index in [9.17, 15) is 0 Å². The number of nitrogens with two attached hydrogens (primary N) is 1. The van der Waals surface area contributed by atoms with E-state index in [1.54, 1.807) is 5.01 Å². The van der Waals surface area contributed by atoms with Crippen LogP contribution in [-0.2, 0) is 0 Å².